The Bertz CT molecular complexity index is 1220. The number of hydrogen-bond acceptors (Lipinski definition) is 11. The van der Waals surface area contributed by atoms with E-state index in [9.17, 15) is 39.8 Å². The topological polar surface area (TPSA) is 192 Å². The van der Waals surface area contributed by atoms with E-state index in [2.05, 4.69) is 74.6 Å². The Morgan fingerprint density at radius 3 is 1.58 bits per heavy atom. The fourth-order valence-corrected chi connectivity index (χ4v) is 6.91. The number of aliphatic hydroxyl groups is 5. The van der Waals surface area contributed by atoms with Gasteiger partial charge in [-0.15, -0.1) is 0 Å². The molecule has 0 amide bonds. The maximum absolute atomic E-state index is 12.8. The molecule has 57 heavy (non-hydrogen) atoms. The summed E-state index contributed by atoms with van der Waals surface area (Å²) >= 11 is 0. The van der Waals surface area contributed by atoms with Gasteiger partial charge in [-0.05, 0) is 70.6 Å². The van der Waals surface area contributed by atoms with Crippen molar-refractivity contribution in [3.05, 3.63) is 72.9 Å². The number of aliphatic hydroxyl groups excluding tert-OH is 5. The first kappa shape index (κ1) is 52.8. The molecular formula is C44H75O12P. The maximum atomic E-state index is 12.8. The van der Waals surface area contributed by atoms with E-state index in [-0.39, 0.29) is 13.0 Å². The highest BCUT2D eigenvalue weighted by Crippen LogP contribution is 2.47. The first-order valence-electron chi connectivity index (χ1n) is 21.3. The summed E-state index contributed by atoms with van der Waals surface area (Å²) in [5.41, 5.74) is 0. The van der Waals surface area contributed by atoms with Crippen LogP contribution in [0.25, 0.3) is 0 Å². The Balaban J connectivity index is 2.51. The van der Waals surface area contributed by atoms with Crippen LogP contribution in [0.5, 0.6) is 0 Å². The number of phosphoric ester groups is 1. The Morgan fingerprint density at radius 1 is 0.579 bits per heavy atom. The van der Waals surface area contributed by atoms with Crippen molar-refractivity contribution >= 4 is 13.8 Å². The molecule has 6 unspecified atom stereocenters. The smallest absolute Gasteiger partial charge is 0.457 e. The standard InChI is InChI=1S/C44H75O12P/c1-3-5-7-9-11-13-15-17-19-20-22-24-26-28-30-32-34-53-35-37(36-54-57(51,52)56-44-42(49)40(47)39(46)41(48)43(44)50)55-38(45)33-31-29-27-25-23-21-18-16-14-12-10-8-6-4-2/h5,7,11,13,16-19,22,24,28,30,37,39-44,46-50H,3-4,6,8-10,12,14-15,20-21,23,25-27,29,31-36H2,1-2H3,(H,51,52)/b7-5-,13-11-,18-16-,19-17-,24-22-,30-28-. The van der Waals surface area contributed by atoms with E-state index in [0.29, 0.717) is 19.4 Å². The van der Waals surface area contributed by atoms with Crippen molar-refractivity contribution in [2.75, 3.05) is 19.8 Å². The molecule has 1 saturated carbocycles. The first-order chi connectivity index (χ1) is 27.5. The zero-order valence-electron chi connectivity index (χ0n) is 34.6. The van der Waals surface area contributed by atoms with Gasteiger partial charge in [0.25, 0.3) is 0 Å². The lowest BCUT2D eigenvalue weighted by Gasteiger charge is -2.41. The van der Waals surface area contributed by atoms with Gasteiger partial charge in [-0.2, -0.15) is 0 Å². The van der Waals surface area contributed by atoms with Crippen molar-refractivity contribution in [1.82, 2.24) is 0 Å². The number of esters is 1. The molecule has 0 aromatic rings. The second-order valence-corrected chi connectivity index (χ2v) is 15.9. The molecule has 13 heteroatoms. The van der Waals surface area contributed by atoms with Crippen LogP contribution < -0.4 is 0 Å². The molecule has 1 rings (SSSR count). The summed E-state index contributed by atoms with van der Waals surface area (Å²) in [5, 5.41) is 50.1. The van der Waals surface area contributed by atoms with Crippen LogP contribution in [0.15, 0.2) is 72.9 Å². The average molecular weight is 827 g/mol. The summed E-state index contributed by atoms with van der Waals surface area (Å²) < 4.78 is 34.0. The van der Waals surface area contributed by atoms with Gasteiger partial charge in [0.1, 0.15) is 42.7 Å². The van der Waals surface area contributed by atoms with Crippen LogP contribution in [0.4, 0.5) is 0 Å². The molecule has 0 bridgehead atoms. The Morgan fingerprint density at radius 2 is 1.04 bits per heavy atom. The molecule has 0 aliphatic heterocycles. The molecule has 0 spiro atoms. The monoisotopic (exact) mass is 826 g/mol. The van der Waals surface area contributed by atoms with E-state index in [1.165, 1.54) is 32.1 Å². The van der Waals surface area contributed by atoms with Gasteiger partial charge in [0.05, 0.1) is 19.8 Å². The maximum Gasteiger partial charge on any atom is 0.472 e. The van der Waals surface area contributed by atoms with Crippen molar-refractivity contribution in [3.8, 4) is 0 Å². The molecule has 6 N–H and O–H groups in total. The third-order valence-corrected chi connectivity index (χ3v) is 10.3. The molecule has 0 radical (unpaired) electrons. The van der Waals surface area contributed by atoms with E-state index < -0.39 is 63.1 Å². The Kier molecular flexibility index (Phi) is 32.1. The Hall–Kier alpha value is -2.22. The summed E-state index contributed by atoms with van der Waals surface area (Å²) in [6, 6.07) is 0. The van der Waals surface area contributed by atoms with Crippen LogP contribution in [0.2, 0.25) is 0 Å². The molecule has 0 saturated heterocycles. The van der Waals surface area contributed by atoms with Crippen molar-refractivity contribution in [2.24, 2.45) is 0 Å². The minimum atomic E-state index is -5.04. The van der Waals surface area contributed by atoms with Crippen molar-refractivity contribution in [2.45, 2.75) is 179 Å². The second-order valence-electron chi connectivity index (χ2n) is 14.5. The SMILES string of the molecule is CC/C=C\C/C=C\C/C=C\C/C=C\C/C=C\CCOCC(COP(=O)(O)OC1C(O)C(O)C(O)C(O)C1O)OC(=O)CCCCCCC/C=C\CCCCCCC. The number of rotatable bonds is 34. The number of hydrogen-bond donors (Lipinski definition) is 6. The molecule has 328 valence electrons. The summed E-state index contributed by atoms with van der Waals surface area (Å²) in [7, 11) is -5.04. The highest BCUT2D eigenvalue weighted by molar-refractivity contribution is 7.47. The van der Waals surface area contributed by atoms with Gasteiger partial charge >= 0.3 is 13.8 Å². The Labute approximate surface area is 342 Å². The summed E-state index contributed by atoms with van der Waals surface area (Å²) in [6.07, 6.45) is 31.4. The fourth-order valence-electron chi connectivity index (χ4n) is 5.94. The second kappa shape index (κ2) is 34.6. The van der Waals surface area contributed by atoms with Gasteiger partial charge in [-0.25, -0.2) is 4.57 Å². The minimum absolute atomic E-state index is 0.138. The number of carbonyl (C=O) groups excluding carboxylic acids is 1. The zero-order valence-corrected chi connectivity index (χ0v) is 35.5. The predicted molar refractivity (Wildman–Crippen MR) is 225 cm³/mol. The van der Waals surface area contributed by atoms with Crippen LogP contribution in [0.3, 0.4) is 0 Å². The number of unbranched alkanes of at least 4 members (excludes halogenated alkanes) is 10. The van der Waals surface area contributed by atoms with Gasteiger partial charge in [-0.1, -0.05) is 132 Å². The largest absolute Gasteiger partial charge is 0.472 e. The predicted octanol–water partition coefficient (Wildman–Crippen LogP) is 8.02. The van der Waals surface area contributed by atoms with Gasteiger partial charge in [0.2, 0.25) is 0 Å². The molecule has 0 heterocycles. The summed E-state index contributed by atoms with van der Waals surface area (Å²) in [6.45, 7) is 3.89. The van der Waals surface area contributed by atoms with E-state index in [4.69, 9.17) is 18.5 Å². The van der Waals surface area contributed by atoms with E-state index in [1.54, 1.807) is 0 Å². The number of phosphoric acid groups is 1. The van der Waals surface area contributed by atoms with Gasteiger partial charge in [-0.3, -0.25) is 13.8 Å². The van der Waals surface area contributed by atoms with Crippen LogP contribution in [0.1, 0.15) is 136 Å². The lowest BCUT2D eigenvalue weighted by Crippen LogP contribution is -2.64. The van der Waals surface area contributed by atoms with Gasteiger partial charge < -0.3 is 39.9 Å². The van der Waals surface area contributed by atoms with Crippen molar-refractivity contribution in [3.63, 3.8) is 0 Å². The number of ether oxygens (including phenoxy) is 2. The van der Waals surface area contributed by atoms with E-state index >= 15 is 0 Å². The average Bonchev–Trinajstić information content (AvgIpc) is 3.19. The molecule has 0 aromatic heterocycles. The van der Waals surface area contributed by atoms with Crippen LogP contribution in [-0.4, -0.2) is 98.9 Å². The third kappa shape index (κ3) is 27.2. The normalized spacial score (nSPS) is 23.6. The van der Waals surface area contributed by atoms with Crippen molar-refractivity contribution < 1.29 is 58.3 Å². The molecule has 1 aliphatic rings. The van der Waals surface area contributed by atoms with E-state index in [0.717, 1.165) is 70.6 Å². The molecular weight excluding hydrogens is 751 g/mol. The highest BCUT2D eigenvalue weighted by atomic mass is 31.2. The molecule has 1 aliphatic carbocycles. The molecule has 6 atom stereocenters. The molecule has 12 nitrogen and oxygen atoms in total. The lowest BCUT2D eigenvalue weighted by molar-refractivity contribution is -0.220. The lowest BCUT2D eigenvalue weighted by atomic mass is 9.85. The van der Waals surface area contributed by atoms with E-state index in [1.807, 2.05) is 12.2 Å². The number of allylic oxidation sites excluding steroid dienone is 11. The molecule has 0 aromatic carbocycles. The fraction of sp³-hybridized carbons (Fsp3) is 0.705. The van der Waals surface area contributed by atoms with Crippen LogP contribution in [-0.2, 0) is 27.9 Å². The highest BCUT2D eigenvalue weighted by Gasteiger charge is 2.51. The minimum Gasteiger partial charge on any atom is -0.457 e. The van der Waals surface area contributed by atoms with Crippen LogP contribution >= 0.6 is 7.82 Å². The zero-order chi connectivity index (χ0) is 42.0. The van der Waals surface area contributed by atoms with Crippen LogP contribution in [0, 0.1) is 0 Å². The number of carbonyl (C=O) groups is 1. The van der Waals surface area contributed by atoms with Crippen molar-refractivity contribution in [1.29, 1.82) is 0 Å². The molecule has 1 fully saturated rings. The van der Waals surface area contributed by atoms with Gasteiger partial charge in [0, 0.05) is 6.42 Å². The first-order valence-corrected chi connectivity index (χ1v) is 22.8. The third-order valence-electron chi connectivity index (χ3n) is 9.33. The quantitative estimate of drug-likeness (QED) is 0.0159. The summed E-state index contributed by atoms with van der Waals surface area (Å²) in [5.74, 6) is -0.515. The van der Waals surface area contributed by atoms with Gasteiger partial charge in [0.15, 0.2) is 0 Å². The summed E-state index contributed by atoms with van der Waals surface area (Å²) in [4.78, 5) is 23.1.